The number of hydrogen-bond donors (Lipinski definition) is 0. The second-order valence-electron chi connectivity index (χ2n) is 15.2. The van der Waals surface area contributed by atoms with E-state index < -0.39 is 0 Å². The van der Waals surface area contributed by atoms with Gasteiger partial charge in [0.2, 0.25) is 17.7 Å². The molecule has 8 aromatic rings. The first-order valence-corrected chi connectivity index (χ1v) is 18.0. The third-order valence-corrected chi connectivity index (χ3v) is 9.01. The Hall–Kier alpha value is -6.81. The lowest BCUT2D eigenvalue weighted by molar-refractivity contribution is 0.448. The van der Waals surface area contributed by atoms with Crippen molar-refractivity contribution >= 4 is 21.8 Å². The zero-order chi connectivity index (χ0) is 38.2. The summed E-state index contributed by atoms with van der Waals surface area (Å²) in [6, 6.07) is 34.5. The van der Waals surface area contributed by atoms with E-state index in [0.717, 1.165) is 32.9 Å². The van der Waals surface area contributed by atoms with Crippen LogP contribution in [-0.4, -0.2) is 29.5 Å². The van der Waals surface area contributed by atoms with Crippen molar-refractivity contribution in [1.82, 2.24) is 29.5 Å². The van der Waals surface area contributed by atoms with E-state index in [1.54, 1.807) is 12.4 Å². The van der Waals surface area contributed by atoms with Crippen molar-refractivity contribution in [2.24, 2.45) is 0 Å². The summed E-state index contributed by atoms with van der Waals surface area (Å²) < 4.78 is 27.4. The van der Waals surface area contributed by atoms with E-state index in [1.807, 2.05) is 97.1 Å². The molecule has 4 aromatic carbocycles. The van der Waals surface area contributed by atoms with Crippen molar-refractivity contribution in [3.63, 3.8) is 0 Å². The van der Waals surface area contributed by atoms with Gasteiger partial charge in [0.1, 0.15) is 47.2 Å². The highest BCUT2D eigenvalue weighted by molar-refractivity contribution is 6.13. The lowest BCUT2D eigenvalue weighted by Crippen LogP contribution is -2.14. The summed E-state index contributed by atoms with van der Waals surface area (Å²) in [5, 5.41) is 2.18. The Morgan fingerprint density at radius 2 is 0.873 bits per heavy atom. The molecule has 8 rings (SSSR count). The number of rotatable bonds is 9. The van der Waals surface area contributed by atoms with Crippen LogP contribution in [0.25, 0.3) is 27.8 Å². The average Bonchev–Trinajstić information content (AvgIpc) is 3.48. The van der Waals surface area contributed by atoms with Gasteiger partial charge in [-0.15, -0.1) is 0 Å². The van der Waals surface area contributed by atoms with Gasteiger partial charge in [-0.2, -0.15) is 0 Å². The average molecular weight is 729 g/mol. The predicted octanol–water partition coefficient (Wildman–Crippen LogP) is 11.5. The van der Waals surface area contributed by atoms with Gasteiger partial charge in [-0.05, 0) is 70.5 Å². The van der Waals surface area contributed by atoms with Crippen LogP contribution in [0.4, 0.5) is 0 Å². The van der Waals surface area contributed by atoms with E-state index >= 15 is 0 Å². The van der Waals surface area contributed by atoms with Crippen molar-refractivity contribution in [3.05, 3.63) is 145 Å². The lowest BCUT2D eigenvalue weighted by Gasteiger charge is -2.25. The Balaban J connectivity index is 1.30. The van der Waals surface area contributed by atoms with Crippen LogP contribution >= 0.6 is 0 Å². The van der Waals surface area contributed by atoms with Crippen LogP contribution in [0.1, 0.15) is 52.7 Å². The standard InChI is InChI=1S/C45H40N6O4/c1-44(2,3)35-23-33(52-29-13-11-15-31(21-29)54-39-17-7-9-19-47-39)25-37-41(35)42-36(45(4,5)6)24-34(26-38(42)51(37)43-49-27-46-28-50-43)53-30-14-12-16-32(22-30)55-40-18-8-10-20-48-40/h7-28H,1-6H3. The summed E-state index contributed by atoms with van der Waals surface area (Å²) in [4.78, 5) is 22.0. The molecule has 0 fully saturated rings. The van der Waals surface area contributed by atoms with Crippen LogP contribution in [0.15, 0.2) is 134 Å². The Morgan fingerprint density at radius 1 is 0.436 bits per heavy atom. The Bertz CT molecular complexity index is 2450. The molecular weight excluding hydrogens is 689 g/mol. The molecule has 0 bridgehead atoms. The summed E-state index contributed by atoms with van der Waals surface area (Å²) >= 11 is 0. The van der Waals surface area contributed by atoms with E-state index in [0.29, 0.717) is 52.2 Å². The monoisotopic (exact) mass is 728 g/mol. The molecule has 0 saturated carbocycles. The van der Waals surface area contributed by atoms with Crippen LogP contribution in [0.5, 0.6) is 46.3 Å². The molecule has 10 heteroatoms. The molecule has 0 aliphatic heterocycles. The maximum Gasteiger partial charge on any atom is 0.237 e. The van der Waals surface area contributed by atoms with E-state index in [1.165, 1.54) is 12.7 Å². The topological polar surface area (TPSA) is 106 Å². The highest BCUT2D eigenvalue weighted by Crippen LogP contribution is 2.47. The van der Waals surface area contributed by atoms with Gasteiger partial charge < -0.3 is 18.9 Å². The first-order chi connectivity index (χ1) is 26.5. The molecule has 0 N–H and O–H groups in total. The molecule has 0 aliphatic rings. The summed E-state index contributed by atoms with van der Waals surface area (Å²) in [6.45, 7) is 13.3. The van der Waals surface area contributed by atoms with Gasteiger partial charge in [-0.1, -0.05) is 65.8 Å². The van der Waals surface area contributed by atoms with Crippen LogP contribution in [-0.2, 0) is 10.8 Å². The van der Waals surface area contributed by atoms with Gasteiger partial charge in [-0.25, -0.2) is 24.9 Å². The highest BCUT2D eigenvalue weighted by Gasteiger charge is 2.29. The van der Waals surface area contributed by atoms with Crippen molar-refractivity contribution in [2.45, 2.75) is 52.4 Å². The number of benzene rings is 4. The molecular formula is C45H40N6O4. The van der Waals surface area contributed by atoms with Crippen LogP contribution < -0.4 is 18.9 Å². The fourth-order valence-electron chi connectivity index (χ4n) is 6.61. The van der Waals surface area contributed by atoms with Crippen molar-refractivity contribution < 1.29 is 18.9 Å². The third kappa shape index (κ3) is 7.52. The number of hydrogen-bond acceptors (Lipinski definition) is 9. The summed E-state index contributed by atoms with van der Waals surface area (Å²) in [5.41, 5.74) is 3.43. The lowest BCUT2D eigenvalue weighted by atomic mass is 9.80. The number of ether oxygens (including phenoxy) is 4. The molecule has 0 saturated heterocycles. The quantitative estimate of drug-likeness (QED) is 0.143. The van der Waals surface area contributed by atoms with E-state index in [2.05, 4.69) is 83.2 Å². The summed E-state index contributed by atoms with van der Waals surface area (Å²) in [6.07, 6.45) is 6.41. The van der Waals surface area contributed by atoms with Crippen LogP contribution in [0.2, 0.25) is 0 Å². The molecule has 0 spiro atoms. The van der Waals surface area contributed by atoms with Gasteiger partial charge in [0, 0.05) is 59.6 Å². The smallest absolute Gasteiger partial charge is 0.237 e. The third-order valence-electron chi connectivity index (χ3n) is 9.01. The SMILES string of the molecule is CC(C)(C)c1cc(Oc2cccc(Oc3ccccn3)c2)cc2c1c1c(C(C)(C)C)cc(Oc3cccc(Oc4ccccn4)c3)cc1n2-c1ncncn1. The fourth-order valence-corrected chi connectivity index (χ4v) is 6.61. The number of aromatic nitrogens is 6. The minimum absolute atomic E-state index is 0.280. The molecule has 4 aromatic heterocycles. The van der Waals surface area contributed by atoms with Crippen molar-refractivity contribution in [2.75, 3.05) is 0 Å². The molecule has 4 heterocycles. The minimum atomic E-state index is -0.280. The van der Waals surface area contributed by atoms with Gasteiger partial charge in [0.05, 0.1) is 11.0 Å². The minimum Gasteiger partial charge on any atom is -0.457 e. The fraction of sp³-hybridized carbons (Fsp3) is 0.178. The highest BCUT2D eigenvalue weighted by atomic mass is 16.5. The predicted molar refractivity (Wildman–Crippen MR) is 213 cm³/mol. The van der Waals surface area contributed by atoms with E-state index in [4.69, 9.17) is 18.9 Å². The molecule has 55 heavy (non-hydrogen) atoms. The van der Waals surface area contributed by atoms with Gasteiger partial charge in [0.15, 0.2) is 0 Å². The summed E-state index contributed by atoms with van der Waals surface area (Å²) in [7, 11) is 0. The molecule has 10 nitrogen and oxygen atoms in total. The zero-order valence-corrected chi connectivity index (χ0v) is 31.5. The molecule has 0 amide bonds. The second kappa shape index (κ2) is 14.2. The molecule has 0 atom stereocenters. The number of pyridine rings is 2. The maximum absolute atomic E-state index is 6.63. The molecule has 274 valence electrons. The number of fused-ring (bicyclic) bond motifs is 3. The van der Waals surface area contributed by atoms with Crippen molar-refractivity contribution in [1.29, 1.82) is 0 Å². The first kappa shape index (κ1) is 35.2. The van der Waals surface area contributed by atoms with Crippen LogP contribution in [0.3, 0.4) is 0 Å². The normalized spacial score (nSPS) is 11.8. The zero-order valence-electron chi connectivity index (χ0n) is 31.5. The maximum atomic E-state index is 6.63. The molecule has 0 aliphatic carbocycles. The van der Waals surface area contributed by atoms with Crippen molar-refractivity contribution in [3.8, 4) is 52.2 Å². The molecule has 0 radical (unpaired) electrons. The Morgan fingerprint density at radius 3 is 1.27 bits per heavy atom. The number of nitrogens with zero attached hydrogens (tertiary/aromatic N) is 6. The van der Waals surface area contributed by atoms with Gasteiger partial charge >= 0.3 is 0 Å². The first-order valence-electron chi connectivity index (χ1n) is 18.0. The Labute approximate surface area is 319 Å². The van der Waals surface area contributed by atoms with E-state index in [9.17, 15) is 0 Å². The van der Waals surface area contributed by atoms with Crippen LogP contribution in [0, 0.1) is 0 Å². The van der Waals surface area contributed by atoms with Gasteiger partial charge in [-0.3, -0.25) is 4.57 Å². The molecule has 0 unspecified atom stereocenters. The van der Waals surface area contributed by atoms with E-state index in [-0.39, 0.29) is 10.8 Å². The second-order valence-corrected chi connectivity index (χ2v) is 15.2. The summed E-state index contributed by atoms with van der Waals surface area (Å²) in [5.74, 6) is 5.26. The Kier molecular flexibility index (Phi) is 9.10. The van der Waals surface area contributed by atoms with Gasteiger partial charge in [0.25, 0.3) is 0 Å². The largest absolute Gasteiger partial charge is 0.457 e.